The third kappa shape index (κ3) is 46.8. The summed E-state index contributed by atoms with van der Waals surface area (Å²) in [5, 5.41) is 3.08. The van der Waals surface area contributed by atoms with Crippen LogP contribution in [0.1, 0.15) is 290 Å². The monoisotopic (exact) mass is 1050 g/mol. The van der Waals surface area contributed by atoms with Crippen LogP contribution in [0.4, 0.5) is 0 Å². The van der Waals surface area contributed by atoms with Crippen LogP contribution in [-0.4, -0.2) is 98.7 Å². The van der Waals surface area contributed by atoms with Crippen LogP contribution in [0.3, 0.4) is 0 Å². The second kappa shape index (κ2) is 53.0. The summed E-state index contributed by atoms with van der Waals surface area (Å²) >= 11 is 0. The van der Waals surface area contributed by atoms with Gasteiger partial charge in [-0.1, -0.05) is 211 Å². The number of carbonyl (C=O) groups is 4. The normalized spacial score (nSPS) is 13.7. The smallest absolute Gasteiger partial charge is 0.305 e. The minimum Gasteiger partial charge on any atom is -0.463 e. The second-order valence-electron chi connectivity index (χ2n) is 22.4. The van der Waals surface area contributed by atoms with E-state index in [4.69, 9.17) is 14.2 Å². The molecule has 10 heteroatoms. The van der Waals surface area contributed by atoms with Crippen LogP contribution in [0.25, 0.3) is 0 Å². The third-order valence-electron chi connectivity index (χ3n) is 14.8. The molecule has 1 heterocycles. The van der Waals surface area contributed by atoms with Crippen molar-refractivity contribution < 1.29 is 33.4 Å². The summed E-state index contributed by atoms with van der Waals surface area (Å²) in [5.41, 5.74) is -1.42. The number of piperazine rings is 1. The molecule has 0 atom stereocenters. The number of allylic oxidation sites excluding steroid dienone is 6. The molecule has 1 N–H and O–H groups in total. The van der Waals surface area contributed by atoms with Gasteiger partial charge >= 0.3 is 17.9 Å². The number of amides is 1. The van der Waals surface area contributed by atoms with Gasteiger partial charge in [0, 0.05) is 45.4 Å². The average Bonchev–Trinajstić information content (AvgIpc) is 3.40. The lowest BCUT2D eigenvalue weighted by Crippen LogP contribution is -2.61. The van der Waals surface area contributed by atoms with E-state index in [2.05, 4.69) is 79.4 Å². The Kier molecular flexibility index (Phi) is 49.5. The van der Waals surface area contributed by atoms with E-state index in [0.29, 0.717) is 19.3 Å². The highest BCUT2D eigenvalue weighted by molar-refractivity contribution is 5.79. The standard InChI is InChI=1S/C65H119N3O7/c1-5-8-11-14-17-20-23-26-29-32-35-38-41-44-47-50-62(70)73-58-65(66-61(69)57-68-55-53-67(4)54-56-68,59-74-63(71)51-48-45-42-39-36-33-30-27-24-21-18-15-12-9-6-2)60-75-64(72)52-49-46-43-40-37-34-31-28-25-22-19-16-13-10-7-3/h26-31H,5-25,32-60H2,1-4H3,(H,66,69)/b29-26-,30-27-,31-28-. The molecule has 1 rings (SSSR count). The van der Waals surface area contributed by atoms with Gasteiger partial charge in [0.25, 0.3) is 0 Å². The van der Waals surface area contributed by atoms with Crippen molar-refractivity contribution in [3.05, 3.63) is 36.5 Å². The van der Waals surface area contributed by atoms with Gasteiger partial charge in [0.2, 0.25) is 5.91 Å². The summed E-state index contributed by atoms with van der Waals surface area (Å²) < 4.78 is 17.7. The van der Waals surface area contributed by atoms with Gasteiger partial charge in [-0.3, -0.25) is 24.1 Å². The van der Waals surface area contributed by atoms with Crippen LogP contribution in [-0.2, 0) is 33.4 Å². The number of rotatable bonds is 54. The fourth-order valence-electron chi connectivity index (χ4n) is 9.67. The summed E-state index contributed by atoms with van der Waals surface area (Å²) in [6.07, 6.45) is 60.5. The Balaban J connectivity index is 2.77. The zero-order valence-corrected chi connectivity index (χ0v) is 49.6. The first-order valence-corrected chi connectivity index (χ1v) is 31.9. The largest absolute Gasteiger partial charge is 0.463 e. The molecule has 0 aromatic rings. The molecule has 1 aliphatic rings. The molecule has 1 fully saturated rings. The quantitative estimate of drug-likeness (QED) is 0.0275. The van der Waals surface area contributed by atoms with E-state index in [1.807, 2.05) is 0 Å². The zero-order chi connectivity index (χ0) is 54.4. The van der Waals surface area contributed by atoms with Crippen molar-refractivity contribution in [3.8, 4) is 0 Å². The van der Waals surface area contributed by atoms with Crippen molar-refractivity contribution in [2.45, 2.75) is 296 Å². The molecule has 1 aliphatic heterocycles. The minimum absolute atomic E-state index is 0.143. The number of esters is 3. The second-order valence-corrected chi connectivity index (χ2v) is 22.4. The molecule has 0 radical (unpaired) electrons. The van der Waals surface area contributed by atoms with Gasteiger partial charge in [0.15, 0.2) is 0 Å². The summed E-state index contributed by atoms with van der Waals surface area (Å²) in [7, 11) is 2.07. The van der Waals surface area contributed by atoms with Crippen molar-refractivity contribution in [3.63, 3.8) is 0 Å². The van der Waals surface area contributed by atoms with Crippen molar-refractivity contribution in [2.75, 3.05) is 59.6 Å². The first-order valence-electron chi connectivity index (χ1n) is 31.9. The van der Waals surface area contributed by atoms with Crippen molar-refractivity contribution in [1.29, 1.82) is 0 Å². The molecule has 1 saturated heterocycles. The van der Waals surface area contributed by atoms with Crippen molar-refractivity contribution >= 4 is 23.8 Å². The highest BCUT2D eigenvalue weighted by atomic mass is 16.6. The number of hydrogen-bond acceptors (Lipinski definition) is 9. The molecule has 436 valence electrons. The number of nitrogens with zero attached hydrogens (tertiary/aromatic N) is 2. The number of nitrogens with one attached hydrogen (secondary N) is 1. The van der Waals surface area contributed by atoms with Gasteiger partial charge in [-0.25, -0.2) is 0 Å². The van der Waals surface area contributed by atoms with Gasteiger partial charge in [-0.2, -0.15) is 0 Å². The molecule has 75 heavy (non-hydrogen) atoms. The topological polar surface area (TPSA) is 114 Å². The highest BCUT2D eigenvalue weighted by Gasteiger charge is 2.38. The Bertz CT molecular complexity index is 1290. The molecule has 0 bridgehead atoms. The van der Waals surface area contributed by atoms with Crippen LogP contribution in [0.2, 0.25) is 0 Å². The molecule has 0 aromatic carbocycles. The maximum Gasteiger partial charge on any atom is 0.305 e. The molecule has 0 unspecified atom stereocenters. The van der Waals surface area contributed by atoms with E-state index >= 15 is 0 Å². The summed E-state index contributed by atoms with van der Waals surface area (Å²) in [4.78, 5) is 58.0. The van der Waals surface area contributed by atoms with E-state index in [9.17, 15) is 19.2 Å². The molecule has 0 spiro atoms. The molecule has 10 nitrogen and oxygen atoms in total. The van der Waals surface area contributed by atoms with Crippen LogP contribution in [0, 0.1) is 0 Å². The van der Waals surface area contributed by atoms with Gasteiger partial charge < -0.3 is 24.4 Å². The molecular weight excluding hydrogens is 935 g/mol. The van der Waals surface area contributed by atoms with Crippen molar-refractivity contribution in [2.24, 2.45) is 0 Å². The Morgan fingerprint density at radius 1 is 0.373 bits per heavy atom. The maximum atomic E-state index is 13.8. The molecule has 0 aliphatic carbocycles. The van der Waals surface area contributed by atoms with E-state index in [1.165, 1.54) is 135 Å². The van der Waals surface area contributed by atoms with Gasteiger partial charge in [0.05, 0.1) is 6.54 Å². The SMILES string of the molecule is CCCCCCCC/C=C\CCCCCCCC(=O)OCC(COC(=O)CCCCCCC/C=C\CCCCCCCC)(COC(=O)CCCCCCC/C=C\CCCCCCCC)NC(=O)CN1CCN(C)CC1. The minimum atomic E-state index is -1.42. The van der Waals surface area contributed by atoms with Crippen molar-refractivity contribution in [1.82, 2.24) is 15.1 Å². The lowest BCUT2D eigenvalue weighted by atomic mass is 10.0. The first kappa shape index (κ1) is 70.0. The molecule has 0 saturated carbocycles. The lowest BCUT2D eigenvalue weighted by molar-refractivity contribution is -0.159. The van der Waals surface area contributed by atoms with Crippen LogP contribution < -0.4 is 5.32 Å². The fourth-order valence-corrected chi connectivity index (χ4v) is 9.67. The Morgan fingerprint density at radius 2 is 0.627 bits per heavy atom. The lowest BCUT2D eigenvalue weighted by Gasteiger charge is -2.35. The first-order chi connectivity index (χ1) is 36.7. The average molecular weight is 1050 g/mol. The summed E-state index contributed by atoms with van der Waals surface area (Å²) in [6.45, 7) is 9.36. The number of hydrogen-bond donors (Lipinski definition) is 1. The predicted octanol–water partition coefficient (Wildman–Crippen LogP) is 16.8. The Morgan fingerprint density at radius 3 is 0.907 bits per heavy atom. The number of unbranched alkanes of at least 4 members (excludes halogenated alkanes) is 33. The zero-order valence-electron chi connectivity index (χ0n) is 49.6. The van der Waals surface area contributed by atoms with E-state index in [0.717, 1.165) is 122 Å². The van der Waals surface area contributed by atoms with Gasteiger partial charge in [0.1, 0.15) is 25.4 Å². The fraction of sp³-hybridized carbons (Fsp3) is 0.846. The van der Waals surface area contributed by atoms with Crippen LogP contribution >= 0.6 is 0 Å². The number of ether oxygens (including phenoxy) is 3. The molecular formula is C65H119N3O7. The van der Waals surface area contributed by atoms with E-state index < -0.39 is 5.54 Å². The number of likely N-dealkylation sites (N-methyl/N-ethyl adjacent to an activating group) is 1. The van der Waals surface area contributed by atoms with E-state index in [-0.39, 0.29) is 69.4 Å². The predicted molar refractivity (Wildman–Crippen MR) is 316 cm³/mol. The summed E-state index contributed by atoms with van der Waals surface area (Å²) in [5.74, 6) is -1.40. The maximum absolute atomic E-state index is 13.8. The van der Waals surface area contributed by atoms with Gasteiger partial charge in [-0.15, -0.1) is 0 Å². The highest BCUT2D eigenvalue weighted by Crippen LogP contribution is 2.17. The van der Waals surface area contributed by atoms with Crippen LogP contribution in [0.15, 0.2) is 36.5 Å². The molecule has 0 aromatic heterocycles. The summed E-state index contributed by atoms with van der Waals surface area (Å²) in [6, 6.07) is 0. The Labute approximate surface area is 462 Å². The Hall–Kier alpha value is -2.98. The molecule has 1 amide bonds. The van der Waals surface area contributed by atoms with Gasteiger partial charge in [-0.05, 0) is 103 Å². The van der Waals surface area contributed by atoms with Crippen LogP contribution in [0.5, 0.6) is 0 Å². The van der Waals surface area contributed by atoms with E-state index in [1.54, 1.807) is 0 Å². The number of carbonyl (C=O) groups excluding carboxylic acids is 4. The third-order valence-corrected chi connectivity index (χ3v) is 14.8.